The summed E-state index contributed by atoms with van der Waals surface area (Å²) >= 11 is 0. The van der Waals surface area contributed by atoms with Gasteiger partial charge in [-0.05, 0) is 47.6 Å². The molecular weight excluding hydrogens is 298 g/mol. The molecule has 6 nitrogen and oxygen atoms in total. The van der Waals surface area contributed by atoms with E-state index in [1.165, 1.54) is 0 Å². The fourth-order valence-electron chi connectivity index (χ4n) is 2.65. The number of hydrogen-bond donors (Lipinski definition) is 0. The van der Waals surface area contributed by atoms with Gasteiger partial charge in [0.15, 0.2) is 5.79 Å². The number of esters is 1. The molecule has 1 atom stereocenters. The van der Waals surface area contributed by atoms with Crippen LogP contribution < -0.4 is 4.74 Å². The van der Waals surface area contributed by atoms with E-state index in [9.17, 15) is 4.79 Å². The summed E-state index contributed by atoms with van der Waals surface area (Å²) in [5.41, 5.74) is 0.578. The first-order valence-corrected chi connectivity index (χ1v) is 7.80. The van der Waals surface area contributed by atoms with Gasteiger partial charge in [0.05, 0.1) is 23.5 Å². The van der Waals surface area contributed by atoms with E-state index >= 15 is 0 Å². The molecule has 0 radical (unpaired) electrons. The summed E-state index contributed by atoms with van der Waals surface area (Å²) in [6.07, 6.45) is -0.204. The number of carbonyl (C=O) groups excluding carboxylic acids is 1. The molecule has 0 amide bonds. The van der Waals surface area contributed by atoms with Crippen LogP contribution in [0.25, 0.3) is 0 Å². The lowest BCUT2D eigenvalue weighted by molar-refractivity contribution is -0.158. The van der Waals surface area contributed by atoms with Crippen LogP contribution in [0.5, 0.6) is 5.88 Å². The third-order valence-corrected chi connectivity index (χ3v) is 3.65. The SMILES string of the molecule is CCOC(=O)c1ccc(OC[C@@H]2OC(C)(C)OC2(C)C)nc1C. The van der Waals surface area contributed by atoms with Crippen molar-refractivity contribution in [2.75, 3.05) is 13.2 Å². The van der Waals surface area contributed by atoms with Gasteiger partial charge >= 0.3 is 5.97 Å². The summed E-state index contributed by atoms with van der Waals surface area (Å²) in [5.74, 6) is -0.562. The maximum atomic E-state index is 11.8. The number of nitrogens with zero attached hydrogens (tertiary/aromatic N) is 1. The molecule has 2 heterocycles. The van der Waals surface area contributed by atoms with Crippen molar-refractivity contribution in [3.8, 4) is 5.88 Å². The van der Waals surface area contributed by atoms with Crippen molar-refractivity contribution in [1.82, 2.24) is 4.98 Å². The lowest BCUT2D eigenvalue weighted by atomic mass is 10.0. The summed E-state index contributed by atoms with van der Waals surface area (Å²) in [5, 5.41) is 0. The van der Waals surface area contributed by atoms with Crippen molar-refractivity contribution >= 4 is 5.97 Å². The van der Waals surface area contributed by atoms with Gasteiger partial charge in [0.1, 0.15) is 12.7 Å². The van der Waals surface area contributed by atoms with Crippen molar-refractivity contribution in [2.45, 2.75) is 59.0 Å². The van der Waals surface area contributed by atoms with Crippen LogP contribution in [0.1, 0.15) is 50.7 Å². The molecule has 0 saturated carbocycles. The largest absolute Gasteiger partial charge is 0.475 e. The highest BCUT2D eigenvalue weighted by molar-refractivity contribution is 5.90. The Kier molecular flexibility index (Phi) is 4.96. The van der Waals surface area contributed by atoms with Crippen LogP contribution >= 0.6 is 0 Å². The zero-order valence-corrected chi connectivity index (χ0v) is 14.6. The van der Waals surface area contributed by atoms with E-state index in [0.717, 1.165) is 0 Å². The molecule has 0 spiro atoms. The van der Waals surface area contributed by atoms with Crippen molar-refractivity contribution < 1.29 is 23.7 Å². The number of pyridine rings is 1. The second-order valence-electron chi connectivity index (χ2n) is 6.53. The number of ether oxygens (including phenoxy) is 4. The van der Waals surface area contributed by atoms with Crippen LogP contribution in [-0.4, -0.2) is 41.7 Å². The zero-order valence-electron chi connectivity index (χ0n) is 14.6. The minimum atomic E-state index is -0.630. The van der Waals surface area contributed by atoms with Crippen LogP contribution in [-0.2, 0) is 14.2 Å². The number of carbonyl (C=O) groups is 1. The number of hydrogen-bond acceptors (Lipinski definition) is 6. The molecule has 6 heteroatoms. The van der Waals surface area contributed by atoms with E-state index in [-0.39, 0.29) is 12.1 Å². The molecule has 0 aliphatic carbocycles. The fourth-order valence-corrected chi connectivity index (χ4v) is 2.65. The molecule has 1 aliphatic heterocycles. The van der Waals surface area contributed by atoms with Crippen LogP contribution in [0.4, 0.5) is 0 Å². The van der Waals surface area contributed by atoms with Crippen molar-refractivity contribution in [3.63, 3.8) is 0 Å². The first-order valence-electron chi connectivity index (χ1n) is 7.80. The van der Waals surface area contributed by atoms with Crippen molar-refractivity contribution in [1.29, 1.82) is 0 Å². The Morgan fingerprint density at radius 3 is 2.52 bits per heavy atom. The lowest BCUT2D eigenvalue weighted by Crippen LogP contribution is -2.37. The normalized spacial score (nSPS) is 21.9. The number of aromatic nitrogens is 1. The average Bonchev–Trinajstić information content (AvgIpc) is 2.64. The Morgan fingerprint density at radius 2 is 2.00 bits per heavy atom. The molecule has 0 bridgehead atoms. The van der Waals surface area contributed by atoms with Gasteiger partial charge in [0.2, 0.25) is 5.88 Å². The fraction of sp³-hybridized carbons (Fsp3) is 0.647. The van der Waals surface area contributed by atoms with Crippen molar-refractivity contribution in [3.05, 3.63) is 23.4 Å². The molecule has 128 valence electrons. The molecule has 1 aliphatic rings. The Hall–Kier alpha value is -1.66. The summed E-state index contributed by atoms with van der Waals surface area (Å²) in [4.78, 5) is 16.1. The first kappa shape index (κ1) is 17.7. The van der Waals surface area contributed by atoms with Gasteiger partial charge in [-0.3, -0.25) is 0 Å². The number of rotatable bonds is 5. The molecule has 1 aromatic rings. The minimum Gasteiger partial charge on any atom is -0.475 e. The summed E-state index contributed by atoms with van der Waals surface area (Å²) in [6.45, 7) is 11.9. The molecule has 23 heavy (non-hydrogen) atoms. The van der Waals surface area contributed by atoms with Crippen LogP contribution in [0.2, 0.25) is 0 Å². The van der Waals surface area contributed by atoms with Gasteiger partial charge in [-0.15, -0.1) is 0 Å². The smallest absolute Gasteiger partial charge is 0.339 e. The standard InChI is InChI=1S/C17H25NO5/c1-7-20-15(19)12-8-9-14(18-11(12)2)21-10-13-16(3,4)23-17(5,6)22-13/h8-9,13H,7,10H2,1-6H3/t13-/m0/s1. The monoisotopic (exact) mass is 323 g/mol. The molecule has 0 N–H and O–H groups in total. The highest BCUT2D eigenvalue weighted by Gasteiger charge is 2.47. The number of aryl methyl sites for hydroxylation is 1. The predicted molar refractivity (Wildman–Crippen MR) is 84.5 cm³/mol. The highest BCUT2D eigenvalue weighted by Crippen LogP contribution is 2.36. The maximum Gasteiger partial charge on any atom is 0.339 e. The maximum absolute atomic E-state index is 11.8. The Bertz CT molecular complexity index is 582. The van der Waals surface area contributed by atoms with E-state index in [4.69, 9.17) is 18.9 Å². The molecule has 0 unspecified atom stereocenters. The zero-order chi connectivity index (χ0) is 17.3. The van der Waals surface area contributed by atoms with E-state index in [2.05, 4.69) is 4.98 Å². The first-order chi connectivity index (χ1) is 10.6. The summed E-state index contributed by atoms with van der Waals surface area (Å²) in [7, 11) is 0. The lowest BCUT2D eigenvalue weighted by Gasteiger charge is -2.23. The van der Waals surface area contributed by atoms with Crippen LogP contribution in [0, 0.1) is 6.92 Å². The van der Waals surface area contributed by atoms with E-state index in [0.29, 0.717) is 30.4 Å². The molecule has 1 saturated heterocycles. The highest BCUT2D eigenvalue weighted by atomic mass is 16.8. The Balaban J connectivity index is 2.02. The molecular formula is C17H25NO5. The third kappa shape index (κ3) is 4.20. The predicted octanol–water partition coefficient (Wildman–Crippen LogP) is 2.88. The Labute approximate surface area is 137 Å². The van der Waals surface area contributed by atoms with E-state index in [1.54, 1.807) is 26.0 Å². The van der Waals surface area contributed by atoms with Crippen molar-refractivity contribution in [2.24, 2.45) is 0 Å². The van der Waals surface area contributed by atoms with Gasteiger partial charge in [-0.25, -0.2) is 9.78 Å². The minimum absolute atomic E-state index is 0.204. The Morgan fingerprint density at radius 1 is 1.30 bits per heavy atom. The summed E-state index contributed by atoms with van der Waals surface area (Å²) < 4.78 is 22.4. The quantitative estimate of drug-likeness (QED) is 0.776. The molecule has 2 rings (SSSR count). The van der Waals surface area contributed by atoms with E-state index in [1.807, 2.05) is 27.7 Å². The van der Waals surface area contributed by atoms with Gasteiger partial charge in [0, 0.05) is 6.07 Å². The van der Waals surface area contributed by atoms with Crippen LogP contribution in [0.3, 0.4) is 0 Å². The molecule has 1 aromatic heterocycles. The van der Waals surface area contributed by atoms with Crippen LogP contribution in [0.15, 0.2) is 12.1 Å². The van der Waals surface area contributed by atoms with Gasteiger partial charge in [-0.1, -0.05) is 0 Å². The molecule has 0 aromatic carbocycles. The van der Waals surface area contributed by atoms with Gasteiger partial charge in [-0.2, -0.15) is 0 Å². The van der Waals surface area contributed by atoms with Gasteiger partial charge < -0.3 is 18.9 Å². The molecule has 1 fully saturated rings. The topological polar surface area (TPSA) is 66.9 Å². The van der Waals surface area contributed by atoms with E-state index < -0.39 is 11.4 Å². The third-order valence-electron chi connectivity index (χ3n) is 3.65. The average molecular weight is 323 g/mol. The second-order valence-corrected chi connectivity index (χ2v) is 6.53. The second kappa shape index (κ2) is 6.45. The summed E-state index contributed by atoms with van der Waals surface area (Å²) in [6, 6.07) is 3.32. The van der Waals surface area contributed by atoms with Gasteiger partial charge in [0.25, 0.3) is 0 Å².